The fraction of sp³-hybridized carbons (Fsp3) is 0.320. The lowest BCUT2D eigenvalue weighted by molar-refractivity contribution is -0.134. The predicted octanol–water partition coefficient (Wildman–Crippen LogP) is 3.63. The molecule has 31 heavy (non-hydrogen) atoms. The van der Waals surface area contributed by atoms with Crippen LogP contribution >= 0.6 is 0 Å². The number of nitrogens with zero attached hydrogens (tertiary/aromatic N) is 3. The Labute approximate surface area is 182 Å². The zero-order valence-electron chi connectivity index (χ0n) is 17.8. The van der Waals surface area contributed by atoms with Gasteiger partial charge in [-0.15, -0.1) is 0 Å². The second-order valence-corrected chi connectivity index (χ2v) is 8.01. The molecule has 1 saturated heterocycles. The van der Waals surface area contributed by atoms with Crippen LogP contribution in [0.3, 0.4) is 0 Å². The van der Waals surface area contributed by atoms with Gasteiger partial charge in [0.1, 0.15) is 5.69 Å². The van der Waals surface area contributed by atoms with E-state index >= 15 is 0 Å². The van der Waals surface area contributed by atoms with E-state index in [2.05, 4.69) is 53.5 Å². The summed E-state index contributed by atoms with van der Waals surface area (Å²) in [6.07, 6.45) is 3.09. The second-order valence-electron chi connectivity index (χ2n) is 8.01. The van der Waals surface area contributed by atoms with Crippen LogP contribution in [0.4, 0.5) is 0 Å². The van der Waals surface area contributed by atoms with Gasteiger partial charge in [-0.1, -0.05) is 61.5 Å². The molecule has 1 fully saturated rings. The lowest BCUT2D eigenvalue weighted by atomic mass is 9.95. The van der Waals surface area contributed by atoms with Gasteiger partial charge in [0, 0.05) is 32.4 Å². The van der Waals surface area contributed by atoms with Gasteiger partial charge < -0.3 is 9.80 Å². The number of hydrogen-bond acceptors (Lipinski definition) is 3. The Morgan fingerprint density at radius 2 is 1.77 bits per heavy atom. The van der Waals surface area contributed by atoms with Gasteiger partial charge in [-0.3, -0.25) is 14.7 Å². The number of aromatic amines is 1. The van der Waals surface area contributed by atoms with E-state index in [1.54, 1.807) is 17.2 Å². The van der Waals surface area contributed by atoms with E-state index in [-0.39, 0.29) is 17.7 Å². The molecule has 0 unspecified atom stereocenters. The van der Waals surface area contributed by atoms with Gasteiger partial charge in [0.15, 0.2) is 0 Å². The minimum atomic E-state index is -0.261. The van der Waals surface area contributed by atoms with Crippen molar-refractivity contribution in [3.05, 3.63) is 78.1 Å². The lowest BCUT2D eigenvalue weighted by Gasteiger charge is -2.23. The molecule has 2 heterocycles. The highest BCUT2D eigenvalue weighted by molar-refractivity contribution is 5.93. The third kappa shape index (κ3) is 4.85. The summed E-state index contributed by atoms with van der Waals surface area (Å²) in [6.45, 7) is 4.30. The molecule has 1 aromatic heterocycles. The van der Waals surface area contributed by atoms with Crippen LogP contribution in [-0.2, 0) is 11.2 Å². The van der Waals surface area contributed by atoms with Crippen molar-refractivity contribution in [1.82, 2.24) is 20.0 Å². The molecule has 3 aromatic rings. The van der Waals surface area contributed by atoms with E-state index in [1.807, 2.05) is 23.1 Å². The van der Waals surface area contributed by atoms with E-state index < -0.39 is 0 Å². The molecule has 2 aromatic carbocycles. The molecule has 160 valence electrons. The maximum atomic E-state index is 13.3. The average molecular weight is 417 g/mol. The van der Waals surface area contributed by atoms with Crippen LogP contribution in [0.1, 0.15) is 29.4 Å². The van der Waals surface area contributed by atoms with Crippen LogP contribution in [0.15, 0.2) is 66.9 Å². The Morgan fingerprint density at radius 1 is 1.03 bits per heavy atom. The SMILES string of the molecule is CCCN1CCN(C(=O)c2ccn[nH]2)C[C@@H](Cc2ccc(-c3ccccc3)cc2)C1=O. The summed E-state index contributed by atoms with van der Waals surface area (Å²) >= 11 is 0. The van der Waals surface area contributed by atoms with Crippen molar-refractivity contribution in [3.8, 4) is 11.1 Å². The van der Waals surface area contributed by atoms with E-state index in [0.717, 1.165) is 17.5 Å². The number of aromatic nitrogens is 2. The molecule has 1 N–H and O–H groups in total. The molecular formula is C25H28N4O2. The highest BCUT2D eigenvalue weighted by Gasteiger charge is 2.32. The van der Waals surface area contributed by atoms with E-state index in [1.165, 1.54) is 5.56 Å². The average Bonchev–Trinajstić information content (AvgIpc) is 3.30. The minimum absolute atomic E-state index is 0.104. The Balaban J connectivity index is 1.53. The molecule has 4 rings (SSSR count). The Morgan fingerprint density at radius 3 is 2.45 bits per heavy atom. The number of hydrogen-bond donors (Lipinski definition) is 1. The van der Waals surface area contributed by atoms with Crippen LogP contribution in [-0.4, -0.2) is 58.0 Å². The van der Waals surface area contributed by atoms with E-state index in [4.69, 9.17) is 0 Å². The monoisotopic (exact) mass is 416 g/mol. The molecule has 6 heteroatoms. The first-order valence-electron chi connectivity index (χ1n) is 10.9. The van der Waals surface area contributed by atoms with Crippen molar-refractivity contribution in [2.24, 2.45) is 5.92 Å². The Kier molecular flexibility index (Phi) is 6.46. The molecule has 6 nitrogen and oxygen atoms in total. The van der Waals surface area contributed by atoms with Gasteiger partial charge in [0.2, 0.25) is 5.91 Å². The maximum Gasteiger partial charge on any atom is 0.271 e. The Hall–Kier alpha value is -3.41. The Bertz CT molecular complexity index is 1000. The number of carbonyl (C=O) groups is 2. The molecule has 0 saturated carbocycles. The molecule has 0 bridgehead atoms. The summed E-state index contributed by atoms with van der Waals surface area (Å²) in [5, 5.41) is 6.64. The summed E-state index contributed by atoms with van der Waals surface area (Å²) in [7, 11) is 0. The highest BCUT2D eigenvalue weighted by atomic mass is 16.2. The van der Waals surface area contributed by atoms with Gasteiger partial charge in [-0.25, -0.2) is 0 Å². The largest absolute Gasteiger partial charge is 0.341 e. The van der Waals surface area contributed by atoms with E-state index in [9.17, 15) is 9.59 Å². The van der Waals surface area contributed by atoms with Gasteiger partial charge in [0.25, 0.3) is 5.91 Å². The number of carbonyl (C=O) groups excluding carboxylic acids is 2. The maximum absolute atomic E-state index is 13.3. The van der Waals surface area contributed by atoms with Crippen LogP contribution < -0.4 is 0 Å². The van der Waals surface area contributed by atoms with E-state index in [0.29, 0.717) is 38.3 Å². The molecule has 0 radical (unpaired) electrons. The molecule has 2 amide bonds. The first-order valence-corrected chi connectivity index (χ1v) is 10.9. The minimum Gasteiger partial charge on any atom is -0.341 e. The molecule has 1 aliphatic rings. The first-order chi connectivity index (χ1) is 15.2. The second kappa shape index (κ2) is 9.60. The standard InChI is InChI=1S/C25H28N4O2/c1-2-14-28-15-16-29(25(31)23-12-13-26-27-23)18-22(24(28)30)17-19-8-10-21(11-9-19)20-6-4-3-5-7-20/h3-13,22H,2,14-18H2,1H3,(H,26,27)/t22-/m1/s1. The van der Waals surface area contributed by atoms with Crippen molar-refractivity contribution >= 4 is 11.8 Å². The quantitative estimate of drug-likeness (QED) is 0.667. The molecule has 0 aliphatic carbocycles. The van der Waals surface area contributed by atoms with Gasteiger partial charge >= 0.3 is 0 Å². The molecule has 0 spiro atoms. The topological polar surface area (TPSA) is 69.3 Å². The summed E-state index contributed by atoms with van der Waals surface area (Å²) in [5.41, 5.74) is 3.89. The van der Waals surface area contributed by atoms with Gasteiger partial charge in [-0.2, -0.15) is 5.10 Å². The highest BCUT2D eigenvalue weighted by Crippen LogP contribution is 2.22. The van der Waals surface area contributed by atoms with Crippen LogP contribution in [0.25, 0.3) is 11.1 Å². The van der Waals surface area contributed by atoms with Crippen molar-refractivity contribution < 1.29 is 9.59 Å². The zero-order valence-corrected chi connectivity index (χ0v) is 17.8. The molecule has 1 aliphatic heterocycles. The van der Waals surface area contributed by atoms with Crippen LogP contribution in [0.5, 0.6) is 0 Å². The van der Waals surface area contributed by atoms with Crippen molar-refractivity contribution in [1.29, 1.82) is 0 Å². The van der Waals surface area contributed by atoms with Crippen LogP contribution in [0, 0.1) is 5.92 Å². The summed E-state index contributed by atoms with van der Waals surface area (Å²) in [4.78, 5) is 29.8. The number of benzene rings is 2. The number of nitrogens with one attached hydrogen (secondary N) is 1. The van der Waals surface area contributed by atoms with Crippen molar-refractivity contribution in [2.75, 3.05) is 26.2 Å². The summed E-state index contributed by atoms with van der Waals surface area (Å²) in [5.74, 6) is -0.231. The van der Waals surface area contributed by atoms with Gasteiger partial charge in [0.05, 0.1) is 5.92 Å². The zero-order chi connectivity index (χ0) is 21.6. The number of H-pyrrole nitrogens is 1. The predicted molar refractivity (Wildman–Crippen MR) is 120 cm³/mol. The summed E-state index contributed by atoms with van der Waals surface area (Å²) < 4.78 is 0. The smallest absolute Gasteiger partial charge is 0.271 e. The molecule has 1 atom stereocenters. The van der Waals surface area contributed by atoms with Crippen molar-refractivity contribution in [2.45, 2.75) is 19.8 Å². The number of amides is 2. The summed E-state index contributed by atoms with van der Waals surface area (Å²) in [6, 6.07) is 20.3. The first kappa shape index (κ1) is 20.8. The normalized spacial score (nSPS) is 16.9. The molecular weight excluding hydrogens is 388 g/mol. The lowest BCUT2D eigenvalue weighted by Crippen LogP contribution is -2.38. The van der Waals surface area contributed by atoms with Crippen molar-refractivity contribution in [3.63, 3.8) is 0 Å². The fourth-order valence-corrected chi connectivity index (χ4v) is 4.17. The third-order valence-electron chi connectivity index (χ3n) is 5.80. The number of rotatable bonds is 6. The van der Waals surface area contributed by atoms with Crippen LogP contribution in [0.2, 0.25) is 0 Å². The third-order valence-corrected chi connectivity index (χ3v) is 5.80. The fourth-order valence-electron chi connectivity index (χ4n) is 4.17. The van der Waals surface area contributed by atoms with Gasteiger partial charge in [-0.05, 0) is 35.6 Å².